The third-order valence-electron chi connectivity index (χ3n) is 5.56. The van der Waals surface area contributed by atoms with E-state index in [0.717, 1.165) is 16.8 Å². The van der Waals surface area contributed by atoms with Crippen LogP contribution >= 0.6 is 0 Å². The lowest BCUT2D eigenvalue weighted by Crippen LogP contribution is -1.97. The number of aromatic hydroxyl groups is 1. The number of ether oxygens (including phenoxy) is 2. The zero-order valence-electron chi connectivity index (χ0n) is 21.7. The topological polar surface area (TPSA) is 92.6 Å². The Balaban J connectivity index is 0.000000886. The van der Waals surface area contributed by atoms with Gasteiger partial charge in [0.05, 0.1) is 11.4 Å². The number of aromatic amines is 1. The van der Waals surface area contributed by atoms with Crippen molar-refractivity contribution >= 4 is 22.9 Å². The molecule has 0 aliphatic heterocycles. The molecule has 0 radical (unpaired) electrons. The Kier molecular flexibility index (Phi) is 9.00. The van der Waals surface area contributed by atoms with Crippen molar-refractivity contribution in [1.29, 1.82) is 0 Å². The zero-order chi connectivity index (χ0) is 26.9. The Bertz CT molecular complexity index is 1460. The van der Waals surface area contributed by atoms with Crippen LogP contribution in [0.15, 0.2) is 79.4 Å². The van der Waals surface area contributed by atoms with Gasteiger partial charge in [-0.2, -0.15) is 9.97 Å². The molecule has 2 N–H and O–H groups in total. The molecule has 0 unspecified atom stereocenters. The zero-order valence-corrected chi connectivity index (χ0v) is 21.7. The maximum Gasteiger partial charge on any atom is 0.327 e. The number of nitrogens with zero attached hydrogens (tertiary/aromatic N) is 3. The van der Waals surface area contributed by atoms with Crippen LogP contribution in [0.2, 0.25) is 0 Å². The van der Waals surface area contributed by atoms with Gasteiger partial charge in [0.15, 0.2) is 11.4 Å². The van der Waals surface area contributed by atoms with E-state index >= 15 is 0 Å². The lowest BCUT2D eigenvalue weighted by atomic mass is 10.1. The van der Waals surface area contributed by atoms with E-state index in [1.54, 1.807) is 30.5 Å². The van der Waals surface area contributed by atoms with Crippen molar-refractivity contribution in [3.8, 4) is 29.1 Å². The van der Waals surface area contributed by atoms with Crippen LogP contribution in [0.4, 0.5) is 5.69 Å². The maximum absolute atomic E-state index is 10.7. The molecule has 2 aromatic carbocycles. The fourth-order valence-corrected chi connectivity index (χ4v) is 3.42. The summed E-state index contributed by atoms with van der Waals surface area (Å²) in [7, 11) is 0. The first kappa shape index (κ1) is 26.9. The van der Waals surface area contributed by atoms with Gasteiger partial charge < -0.3 is 19.6 Å². The van der Waals surface area contributed by atoms with Gasteiger partial charge in [-0.3, -0.25) is 4.99 Å². The van der Waals surface area contributed by atoms with Gasteiger partial charge in [0.25, 0.3) is 0 Å². The summed E-state index contributed by atoms with van der Waals surface area (Å²) in [5.74, 6) is 1.45. The van der Waals surface area contributed by atoms with E-state index in [-0.39, 0.29) is 17.6 Å². The normalized spacial score (nSPS) is 10.6. The molecule has 0 saturated carbocycles. The molecule has 0 aliphatic rings. The third kappa shape index (κ3) is 6.52. The average Bonchev–Trinajstić information content (AvgIpc) is 3.21. The fourth-order valence-electron chi connectivity index (χ4n) is 3.42. The van der Waals surface area contributed by atoms with E-state index in [4.69, 9.17) is 9.47 Å². The first-order chi connectivity index (χ1) is 17.8. The number of fused-ring (bicyclic) bond motifs is 1. The molecule has 4 aromatic rings. The number of aryl methyl sites for hydroxylation is 4. The number of benzene rings is 2. The number of rotatable bonds is 8. The largest absolute Gasteiger partial charge is 0.505 e. The highest BCUT2D eigenvalue weighted by atomic mass is 16.5. The van der Waals surface area contributed by atoms with Crippen molar-refractivity contribution < 1.29 is 14.6 Å². The molecule has 4 rings (SSSR count). The number of hydrogen-bond donors (Lipinski definition) is 2. The van der Waals surface area contributed by atoms with Crippen molar-refractivity contribution in [3.05, 3.63) is 96.7 Å². The summed E-state index contributed by atoms with van der Waals surface area (Å²) in [5, 5.41) is 11.1. The Hall–Kier alpha value is -4.65. The van der Waals surface area contributed by atoms with Crippen molar-refractivity contribution in [2.45, 2.75) is 34.1 Å². The average molecular weight is 497 g/mol. The van der Waals surface area contributed by atoms with Crippen LogP contribution in [-0.4, -0.2) is 26.3 Å². The summed E-state index contributed by atoms with van der Waals surface area (Å²) in [4.78, 5) is 16.4. The van der Waals surface area contributed by atoms with E-state index in [1.165, 1.54) is 5.56 Å². The standard InChI is InChI=1S/C26H26N4O3.C4H6/c1-6-12-27-21-11-10-18(14-17(21)5)32-25-22-23(31)20(7-2)28-24(22)29-26(30-25)33-19-9-8-15(3)16(4)13-19;1-3-4-2/h6,8-14,31H,1,7H2,2-5H3,(H,28,29,30);3-4H,1-2H2. The molecule has 37 heavy (non-hydrogen) atoms. The van der Waals surface area contributed by atoms with Crippen molar-refractivity contribution in [1.82, 2.24) is 15.0 Å². The van der Waals surface area contributed by atoms with Crippen LogP contribution in [0, 0.1) is 20.8 Å². The molecule has 0 atom stereocenters. The monoisotopic (exact) mass is 496 g/mol. The van der Waals surface area contributed by atoms with Gasteiger partial charge in [-0.05, 0) is 74.2 Å². The van der Waals surface area contributed by atoms with Crippen LogP contribution in [-0.2, 0) is 6.42 Å². The second kappa shape index (κ2) is 12.4. The van der Waals surface area contributed by atoms with Gasteiger partial charge in [-0.1, -0.05) is 51.0 Å². The number of allylic oxidation sites excluding steroid dienone is 3. The summed E-state index contributed by atoms with van der Waals surface area (Å²) in [5.41, 5.74) is 5.10. The lowest BCUT2D eigenvalue weighted by molar-refractivity contribution is 0.414. The summed E-state index contributed by atoms with van der Waals surface area (Å²) >= 11 is 0. The molecule has 190 valence electrons. The maximum atomic E-state index is 10.7. The van der Waals surface area contributed by atoms with Crippen molar-refractivity contribution in [2.75, 3.05) is 0 Å². The lowest BCUT2D eigenvalue weighted by Gasteiger charge is -2.11. The Morgan fingerprint density at radius 2 is 1.57 bits per heavy atom. The molecule has 0 spiro atoms. The molecule has 0 fully saturated rings. The predicted molar refractivity (Wildman–Crippen MR) is 151 cm³/mol. The quantitative estimate of drug-likeness (QED) is 0.190. The van der Waals surface area contributed by atoms with Crippen LogP contribution in [0.3, 0.4) is 0 Å². The minimum atomic E-state index is 0.0733. The fraction of sp³-hybridized carbons (Fsp3) is 0.167. The van der Waals surface area contributed by atoms with Gasteiger partial charge in [0.2, 0.25) is 5.88 Å². The Labute approximate surface area is 217 Å². The minimum Gasteiger partial charge on any atom is -0.505 e. The number of nitrogens with one attached hydrogen (secondary N) is 1. The second-order valence-electron chi connectivity index (χ2n) is 8.22. The minimum absolute atomic E-state index is 0.0733. The molecule has 2 heterocycles. The Morgan fingerprint density at radius 1 is 0.892 bits per heavy atom. The molecular weight excluding hydrogens is 464 g/mol. The first-order valence-electron chi connectivity index (χ1n) is 11.8. The van der Waals surface area contributed by atoms with Gasteiger partial charge in [-0.25, -0.2) is 0 Å². The smallest absolute Gasteiger partial charge is 0.327 e. The summed E-state index contributed by atoms with van der Waals surface area (Å²) in [6.07, 6.45) is 7.14. The van der Waals surface area contributed by atoms with Crippen LogP contribution in [0.5, 0.6) is 29.1 Å². The van der Waals surface area contributed by atoms with Gasteiger partial charge >= 0.3 is 6.01 Å². The number of hydrogen-bond acceptors (Lipinski definition) is 6. The third-order valence-corrected chi connectivity index (χ3v) is 5.56. The first-order valence-corrected chi connectivity index (χ1v) is 11.8. The van der Waals surface area contributed by atoms with E-state index < -0.39 is 0 Å². The number of aliphatic imine (C=N–C) groups is 1. The molecule has 0 bridgehead atoms. The van der Waals surface area contributed by atoms with E-state index in [1.807, 2.05) is 58.0 Å². The molecule has 2 aromatic heterocycles. The van der Waals surface area contributed by atoms with Crippen LogP contribution in [0.25, 0.3) is 11.0 Å². The molecule has 7 heteroatoms. The highest BCUT2D eigenvalue weighted by Crippen LogP contribution is 2.39. The predicted octanol–water partition coefficient (Wildman–Crippen LogP) is 7.98. The summed E-state index contributed by atoms with van der Waals surface area (Å²) in [6.45, 7) is 18.3. The van der Waals surface area contributed by atoms with E-state index in [9.17, 15) is 5.11 Å². The highest BCUT2D eigenvalue weighted by Gasteiger charge is 2.20. The van der Waals surface area contributed by atoms with E-state index in [0.29, 0.717) is 34.6 Å². The SMILES string of the molecule is C=CC=C.C=CC=Nc1ccc(Oc2nc(Oc3ccc(C)c(C)c3)nc3[nH]c(CC)c(O)c23)cc1C. The molecular formula is C30H32N4O3. The summed E-state index contributed by atoms with van der Waals surface area (Å²) < 4.78 is 12.0. The molecule has 0 amide bonds. The molecule has 7 nitrogen and oxygen atoms in total. The van der Waals surface area contributed by atoms with Crippen LogP contribution < -0.4 is 9.47 Å². The van der Waals surface area contributed by atoms with Gasteiger partial charge in [-0.15, -0.1) is 0 Å². The summed E-state index contributed by atoms with van der Waals surface area (Å²) in [6, 6.07) is 11.4. The molecule has 0 saturated heterocycles. The second-order valence-corrected chi connectivity index (χ2v) is 8.22. The highest BCUT2D eigenvalue weighted by molar-refractivity contribution is 5.89. The molecule has 0 aliphatic carbocycles. The van der Waals surface area contributed by atoms with Crippen LogP contribution in [0.1, 0.15) is 29.3 Å². The van der Waals surface area contributed by atoms with Crippen molar-refractivity contribution in [2.24, 2.45) is 4.99 Å². The Morgan fingerprint density at radius 3 is 2.19 bits per heavy atom. The van der Waals surface area contributed by atoms with Gasteiger partial charge in [0, 0.05) is 6.21 Å². The van der Waals surface area contributed by atoms with Gasteiger partial charge in [0.1, 0.15) is 16.9 Å². The van der Waals surface area contributed by atoms with E-state index in [2.05, 4.69) is 39.7 Å². The van der Waals surface area contributed by atoms with Crippen molar-refractivity contribution in [3.63, 3.8) is 0 Å². The number of aromatic nitrogens is 3. The number of H-pyrrole nitrogens is 1.